The van der Waals surface area contributed by atoms with Crippen LogP contribution < -0.4 is 10.5 Å². The fourth-order valence-corrected chi connectivity index (χ4v) is 3.00. The van der Waals surface area contributed by atoms with Crippen LogP contribution in [-0.2, 0) is 10.0 Å². The van der Waals surface area contributed by atoms with Crippen molar-refractivity contribution in [3.05, 3.63) is 23.8 Å². The molecule has 17 heavy (non-hydrogen) atoms. The number of sulfonamides is 1. The Balaban J connectivity index is 2.93. The minimum atomic E-state index is -3.43. The van der Waals surface area contributed by atoms with E-state index >= 15 is 0 Å². The number of nitrogens with two attached hydrogens (primary N) is 1. The molecule has 0 heterocycles. The summed E-state index contributed by atoms with van der Waals surface area (Å²) in [7, 11) is -3.43. The zero-order chi connectivity index (χ0) is 13.1. The summed E-state index contributed by atoms with van der Waals surface area (Å²) in [4.78, 5) is 0.271. The van der Waals surface area contributed by atoms with Crippen molar-refractivity contribution < 1.29 is 8.42 Å². The molecule has 0 aromatic heterocycles. The molecule has 0 aliphatic heterocycles. The van der Waals surface area contributed by atoms with E-state index in [2.05, 4.69) is 4.72 Å². The molecule has 5 heteroatoms. The molecule has 0 amide bonds. The largest absolute Gasteiger partial charge is 0.399 e. The summed E-state index contributed by atoms with van der Waals surface area (Å²) >= 11 is 0. The lowest BCUT2D eigenvalue weighted by Crippen LogP contribution is -2.32. The van der Waals surface area contributed by atoms with Gasteiger partial charge in [0.05, 0.1) is 4.90 Å². The van der Waals surface area contributed by atoms with Crippen molar-refractivity contribution in [1.29, 1.82) is 0 Å². The van der Waals surface area contributed by atoms with Crippen LogP contribution in [0, 0.1) is 6.92 Å². The molecule has 0 saturated heterocycles. The van der Waals surface area contributed by atoms with E-state index in [1.165, 1.54) is 6.07 Å². The van der Waals surface area contributed by atoms with Gasteiger partial charge in [-0.05, 0) is 44.0 Å². The molecule has 1 aromatic carbocycles. The summed E-state index contributed by atoms with van der Waals surface area (Å²) in [5, 5.41) is 0. The summed E-state index contributed by atoms with van der Waals surface area (Å²) in [6, 6.07) is 4.69. The van der Waals surface area contributed by atoms with Gasteiger partial charge in [-0.15, -0.1) is 0 Å². The van der Waals surface area contributed by atoms with Crippen LogP contribution in [0.2, 0.25) is 0 Å². The lowest BCUT2D eigenvalue weighted by molar-refractivity contribution is 0.544. The van der Waals surface area contributed by atoms with Gasteiger partial charge < -0.3 is 5.73 Å². The third-order valence-corrected chi connectivity index (χ3v) is 4.22. The Morgan fingerprint density at radius 3 is 2.59 bits per heavy atom. The van der Waals surface area contributed by atoms with Crippen LogP contribution in [0.25, 0.3) is 0 Å². The van der Waals surface area contributed by atoms with E-state index in [1.54, 1.807) is 19.1 Å². The summed E-state index contributed by atoms with van der Waals surface area (Å²) in [6.45, 7) is 5.69. The molecule has 0 radical (unpaired) electrons. The van der Waals surface area contributed by atoms with E-state index in [4.69, 9.17) is 5.73 Å². The van der Waals surface area contributed by atoms with Crippen LogP contribution in [0.15, 0.2) is 23.1 Å². The molecular weight excluding hydrogens is 236 g/mol. The number of hydrogen-bond donors (Lipinski definition) is 2. The lowest BCUT2D eigenvalue weighted by atomic mass is 10.2. The minimum Gasteiger partial charge on any atom is -0.399 e. The quantitative estimate of drug-likeness (QED) is 0.792. The Morgan fingerprint density at radius 2 is 2.06 bits per heavy atom. The van der Waals surface area contributed by atoms with E-state index in [1.807, 2.05) is 13.8 Å². The van der Waals surface area contributed by atoms with E-state index in [9.17, 15) is 8.42 Å². The molecule has 0 saturated carbocycles. The first kappa shape index (κ1) is 14.0. The highest BCUT2D eigenvalue weighted by atomic mass is 32.2. The third kappa shape index (κ3) is 3.71. The second-order valence-electron chi connectivity index (χ2n) is 4.33. The van der Waals surface area contributed by atoms with Gasteiger partial charge in [0.25, 0.3) is 0 Å². The highest BCUT2D eigenvalue weighted by Crippen LogP contribution is 2.17. The Morgan fingerprint density at radius 1 is 1.41 bits per heavy atom. The van der Waals surface area contributed by atoms with E-state index in [-0.39, 0.29) is 10.9 Å². The molecule has 0 spiro atoms. The summed E-state index contributed by atoms with van der Waals surface area (Å²) in [6.07, 6.45) is 1.78. The zero-order valence-electron chi connectivity index (χ0n) is 10.5. The van der Waals surface area contributed by atoms with Crippen LogP contribution in [0.1, 0.15) is 32.3 Å². The second-order valence-corrected chi connectivity index (χ2v) is 6.04. The first-order chi connectivity index (χ1) is 7.86. The van der Waals surface area contributed by atoms with E-state index in [0.717, 1.165) is 18.4 Å². The molecule has 0 aliphatic carbocycles. The van der Waals surface area contributed by atoms with Crippen LogP contribution in [-0.4, -0.2) is 14.5 Å². The monoisotopic (exact) mass is 256 g/mol. The van der Waals surface area contributed by atoms with Gasteiger partial charge in [0.1, 0.15) is 0 Å². The average Bonchev–Trinajstić information content (AvgIpc) is 2.21. The van der Waals surface area contributed by atoms with E-state index < -0.39 is 10.0 Å². The van der Waals surface area contributed by atoms with Gasteiger partial charge in [0, 0.05) is 11.7 Å². The fraction of sp³-hybridized carbons (Fsp3) is 0.500. The van der Waals surface area contributed by atoms with Gasteiger partial charge in [0.15, 0.2) is 0 Å². The number of benzene rings is 1. The van der Waals surface area contributed by atoms with Gasteiger partial charge in [-0.3, -0.25) is 0 Å². The Hall–Kier alpha value is -1.07. The standard InChI is InChI=1S/C12H20N2O2S/c1-4-5-10(3)14-17(15,16)11-6-7-12(13)9(2)8-11/h6-8,10,14H,4-5,13H2,1-3H3. The third-order valence-electron chi connectivity index (χ3n) is 2.63. The first-order valence-electron chi connectivity index (χ1n) is 5.75. The topological polar surface area (TPSA) is 72.2 Å². The summed E-state index contributed by atoms with van der Waals surface area (Å²) in [5.41, 5.74) is 7.04. The number of aryl methyl sites for hydroxylation is 1. The molecular formula is C12H20N2O2S. The molecule has 0 aliphatic rings. The highest BCUT2D eigenvalue weighted by molar-refractivity contribution is 7.89. The normalized spacial score (nSPS) is 13.6. The molecule has 1 unspecified atom stereocenters. The lowest BCUT2D eigenvalue weighted by Gasteiger charge is -2.13. The summed E-state index contributed by atoms with van der Waals surface area (Å²) in [5.74, 6) is 0. The van der Waals surface area contributed by atoms with Crippen LogP contribution in [0.4, 0.5) is 5.69 Å². The number of rotatable bonds is 5. The van der Waals surface area contributed by atoms with Crippen molar-refractivity contribution in [2.24, 2.45) is 0 Å². The van der Waals surface area contributed by atoms with Gasteiger partial charge in [-0.1, -0.05) is 13.3 Å². The van der Waals surface area contributed by atoms with Gasteiger partial charge >= 0.3 is 0 Å². The van der Waals surface area contributed by atoms with Crippen molar-refractivity contribution in [3.63, 3.8) is 0 Å². The highest BCUT2D eigenvalue weighted by Gasteiger charge is 2.17. The maximum atomic E-state index is 12.0. The fourth-order valence-electron chi connectivity index (χ4n) is 1.64. The Kier molecular flexibility index (Phi) is 4.54. The molecule has 4 nitrogen and oxygen atoms in total. The van der Waals surface area contributed by atoms with Gasteiger partial charge in [-0.2, -0.15) is 0 Å². The SMILES string of the molecule is CCCC(C)NS(=O)(=O)c1ccc(N)c(C)c1. The smallest absolute Gasteiger partial charge is 0.240 e. The number of nitrogen functional groups attached to an aromatic ring is 1. The number of nitrogens with one attached hydrogen (secondary N) is 1. The average molecular weight is 256 g/mol. The van der Waals surface area contributed by atoms with Crippen molar-refractivity contribution in [3.8, 4) is 0 Å². The van der Waals surface area contributed by atoms with Crippen LogP contribution in [0.5, 0.6) is 0 Å². The molecule has 3 N–H and O–H groups in total. The molecule has 1 atom stereocenters. The second kappa shape index (κ2) is 5.51. The van der Waals surface area contributed by atoms with Crippen LogP contribution in [0.3, 0.4) is 0 Å². The van der Waals surface area contributed by atoms with Gasteiger partial charge in [0.2, 0.25) is 10.0 Å². The molecule has 96 valence electrons. The summed E-state index contributed by atoms with van der Waals surface area (Å²) < 4.78 is 26.7. The maximum Gasteiger partial charge on any atom is 0.240 e. The van der Waals surface area contributed by atoms with Crippen molar-refractivity contribution in [2.45, 2.75) is 44.6 Å². The van der Waals surface area contributed by atoms with E-state index in [0.29, 0.717) is 5.69 Å². The van der Waals surface area contributed by atoms with Crippen LogP contribution >= 0.6 is 0 Å². The Labute approximate surface area is 103 Å². The van der Waals surface area contributed by atoms with Crippen molar-refractivity contribution >= 4 is 15.7 Å². The number of anilines is 1. The van der Waals surface area contributed by atoms with Crippen molar-refractivity contribution in [2.75, 3.05) is 5.73 Å². The van der Waals surface area contributed by atoms with Crippen molar-refractivity contribution in [1.82, 2.24) is 4.72 Å². The molecule has 0 fully saturated rings. The zero-order valence-corrected chi connectivity index (χ0v) is 11.3. The Bertz CT molecular complexity index is 483. The maximum absolute atomic E-state index is 12.0. The molecule has 1 aromatic rings. The minimum absolute atomic E-state index is 0.0529. The van der Waals surface area contributed by atoms with Gasteiger partial charge in [-0.25, -0.2) is 13.1 Å². The number of hydrogen-bond acceptors (Lipinski definition) is 3. The first-order valence-corrected chi connectivity index (χ1v) is 7.23. The molecule has 1 rings (SSSR count). The predicted octanol–water partition coefficient (Wildman–Crippen LogP) is 2.04. The molecule has 0 bridgehead atoms. The predicted molar refractivity (Wildman–Crippen MR) is 70.3 cm³/mol.